The molecule has 1 saturated heterocycles. The Morgan fingerprint density at radius 3 is 2.25 bits per heavy atom. The van der Waals surface area contributed by atoms with Crippen LogP contribution in [0.1, 0.15) is 60.9 Å². The zero-order valence-corrected chi connectivity index (χ0v) is 23.5. The summed E-state index contributed by atoms with van der Waals surface area (Å²) in [6, 6.07) is 10.5. The Labute approximate surface area is 235 Å². The van der Waals surface area contributed by atoms with Gasteiger partial charge in [0, 0.05) is 26.4 Å². The van der Waals surface area contributed by atoms with Gasteiger partial charge in [-0.3, -0.25) is 9.79 Å². The number of hydrogen-bond donors (Lipinski definition) is 2. The second-order valence-electron chi connectivity index (χ2n) is 12.2. The van der Waals surface area contributed by atoms with Gasteiger partial charge in [-0.2, -0.15) is 17.5 Å². The van der Waals surface area contributed by atoms with Gasteiger partial charge in [0.1, 0.15) is 11.7 Å². The maximum atomic E-state index is 13.7. The van der Waals surface area contributed by atoms with E-state index in [9.17, 15) is 22.4 Å². The molecule has 220 valence electrons. The fraction of sp³-hybridized carbons (Fsp3) is 0.500. The van der Waals surface area contributed by atoms with Crippen LogP contribution in [0, 0.1) is 11.2 Å². The van der Waals surface area contributed by atoms with Crippen molar-refractivity contribution in [2.45, 2.75) is 87.7 Å². The highest BCUT2D eigenvalue weighted by Crippen LogP contribution is 2.83. The summed E-state index contributed by atoms with van der Waals surface area (Å²) in [5.74, 6) is 0.315. The number of nitrogens with zero attached hydrogens (tertiary/aromatic N) is 2. The monoisotopic (exact) mass is 584 g/mol. The molecule has 1 amide bonds. The maximum Gasteiger partial charge on any atom is 0.416 e. The Kier molecular flexibility index (Phi) is 6.13. The lowest BCUT2D eigenvalue weighted by atomic mass is 9.38. The quantitative estimate of drug-likeness (QED) is 0.216. The van der Waals surface area contributed by atoms with Crippen molar-refractivity contribution in [3.8, 4) is 0 Å². The van der Waals surface area contributed by atoms with Gasteiger partial charge in [-0.25, -0.2) is 4.39 Å². The number of aliphatic imine (C=N–C) groups is 1. The van der Waals surface area contributed by atoms with Crippen molar-refractivity contribution in [2.75, 3.05) is 0 Å². The molecule has 5 aliphatic rings. The van der Waals surface area contributed by atoms with Gasteiger partial charge in [0.15, 0.2) is 6.04 Å². The number of rotatable bonds is 8. The number of nitrogens with one attached hydrogen (secondary N) is 2. The predicted octanol–water partition coefficient (Wildman–Crippen LogP) is 6.31. The molecule has 2 heterocycles. The van der Waals surface area contributed by atoms with Crippen LogP contribution in [0.5, 0.6) is 0 Å². The zero-order chi connectivity index (χ0) is 28.7. The number of alkyl halides is 3. The van der Waals surface area contributed by atoms with E-state index in [1.165, 1.54) is 24.3 Å². The molecule has 7 nitrogen and oxygen atoms in total. The van der Waals surface area contributed by atoms with Crippen molar-refractivity contribution in [2.24, 2.45) is 10.4 Å². The lowest BCUT2D eigenvalue weighted by molar-refractivity contribution is -0.149. The van der Waals surface area contributed by atoms with E-state index < -0.39 is 34.1 Å². The van der Waals surface area contributed by atoms with Gasteiger partial charge < -0.3 is 10.6 Å². The van der Waals surface area contributed by atoms with Gasteiger partial charge in [-0.15, -0.1) is 0 Å². The van der Waals surface area contributed by atoms with E-state index in [1.807, 2.05) is 27.7 Å². The van der Waals surface area contributed by atoms with Crippen LogP contribution in [0.2, 0.25) is 0 Å². The summed E-state index contributed by atoms with van der Waals surface area (Å²) >= 11 is 0. The number of amidine groups is 1. The molecule has 2 bridgehead atoms. The smallest absolute Gasteiger partial charge is 0.366 e. The zero-order valence-electron chi connectivity index (χ0n) is 22.6. The van der Waals surface area contributed by atoms with E-state index in [0.717, 1.165) is 37.2 Å². The van der Waals surface area contributed by atoms with E-state index >= 15 is 0 Å². The topological polar surface area (TPSA) is 81.8 Å². The average molecular weight is 585 g/mol. The van der Waals surface area contributed by atoms with Crippen LogP contribution < -0.4 is 10.6 Å². The second-order valence-corrected chi connectivity index (χ2v) is 14.4. The Morgan fingerprint density at radius 1 is 1.12 bits per heavy atom. The summed E-state index contributed by atoms with van der Waals surface area (Å²) < 4.78 is 66.6. The minimum atomic E-state index is -4.42. The van der Waals surface area contributed by atoms with E-state index in [4.69, 9.17) is 13.7 Å². The molecule has 7 rings (SSSR count). The van der Waals surface area contributed by atoms with Crippen molar-refractivity contribution in [3.05, 3.63) is 65.5 Å². The normalized spacial score (nSPS) is 30.1. The molecule has 0 spiro atoms. The fourth-order valence-electron chi connectivity index (χ4n) is 6.35. The van der Waals surface area contributed by atoms with Crippen LogP contribution in [-0.2, 0) is 26.2 Å². The number of benzene rings is 2. The Morgan fingerprint density at radius 2 is 1.73 bits per heavy atom. The summed E-state index contributed by atoms with van der Waals surface area (Å²) in [5.41, 5.74) is -1.13. The van der Waals surface area contributed by atoms with Crippen molar-refractivity contribution in [3.63, 3.8) is 0 Å². The molecule has 4 fully saturated rings. The van der Waals surface area contributed by atoms with Crippen molar-refractivity contribution < 1.29 is 33.9 Å². The third-order valence-corrected chi connectivity index (χ3v) is 10.7. The van der Waals surface area contributed by atoms with Crippen LogP contribution in [0.15, 0.2) is 58.4 Å². The Hall–Kier alpha value is -2.67. The first-order chi connectivity index (χ1) is 18.7. The Balaban J connectivity index is 0.00000202. The van der Waals surface area contributed by atoms with E-state index in [2.05, 4.69) is 14.9 Å². The van der Waals surface area contributed by atoms with Gasteiger partial charge in [0.05, 0.1) is 16.0 Å². The minimum absolute atomic E-state index is 0. The summed E-state index contributed by atoms with van der Waals surface area (Å²) in [4.78, 5) is 18.4. The van der Waals surface area contributed by atoms with Gasteiger partial charge in [-0.1, -0.05) is 20.8 Å². The predicted molar refractivity (Wildman–Crippen MR) is 146 cm³/mol. The van der Waals surface area contributed by atoms with Gasteiger partial charge in [-0.05, 0) is 99.7 Å². The SMILES string of the molecule is CC(C)NC(=O)C1N=C(C23CC(N(Cc4ccc(C(F)(F)F)cc4)S4(c5ccc(F)cc5)OO4)(C2)C3)NC1(C)C.[HH].[HH]. The maximum absolute atomic E-state index is 13.7. The average Bonchev–Trinajstić information content (AvgIpc) is 3.54. The van der Waals surface area contributed by atoms with E-state index in [0.29, 0.717) is 17.0 Å². The highest BCUT2D eigenvalue weighted by atomic mass is 32.3. The molecule has 2 aliphatic heterocycles. The molecule has 1 unspecified atom stereocenters. The number of amides is 1. The molecular weight excluding hydrogens is 548 g/mol. The second kappa shape index (κ2) is 8.91. The first kappa shape index (κ1) is 27.5. The van der Waals surface area contributed by atoms with E-state index in [1.54, 1.807) is 12.1 Å². The molecule has 2 aromatic rings. The van der Waals surface area contributed by atoms with Crippen molar-refractivity contribution >= 4 is 22.5 Å². The molecule has 2 N–H and O–H groups in total. The van der Waals surface area contributed by atoms with Gasteiger partial charge >= 0.3 is 6.18 Å². The lowest BCUT2D eigenvalue weighted by Gasteiger charge is -2.73. The number of carbonyl (C=O) groups is 1. The largest absolute Gasteiger partial charge is 0.416 e. The molecule has 2 aromatic carbocycles. The van der Waals surface area contributed by atoms with Crippen LogP contribution in [0.25, 0.3) is 0 Å². The summed E-state index contributed by atoms with van der Waals surface area (Å²) in [6.45, 7) is 8.05. The molecule has 40 heavy (non-hydrogen) atoms. The number of carbonyl (C=O) groups excluding carboxylic acids is 1. The molecule has 3 aliphatic carbocycles. The summed E-state index contributed by atoms with van der Waals surface area (Å²) in [5, 5.41) is 6.46. The van der Waals surface area contributed by atoms with Gasteiger partial charge in [0.2, 0.25) is 5.91 Å². The standard InChI is InChI=1S/C28H32F4N4O3S.2H2/c1-17(2)33-23(37)22-25(3,4)35-24(34-22)26-14-27(15-26,16-26)36(13-18-5-7-19(8-6-18)28(30,31)32)40(38-39-40)21-11-9-20(29)10-12-21;;/h5-12,17,22H,13-16H2,1-4H3,(H,33,37)(H,34,35);2*1H. The van der Waals surface area contributed by atoms with E-state index in [-0.39, 0.29) is 31.6 Å². The number of hydrogen-bond acceptors (Lipinski definition) is 6. The van der Waals surface area contributed by atoms with Crippen LogP contribution in [-0.4, -0.2) is 39.2 Å². The molecule has 0 aromatic heterocycles. The molecule has 3 saturated carbocycles. The Bertz CT molecular complexity index is 1350. The van der Waals surface area contributed by atoms with Crippen LogP contribution >= 0.6 is 10.8 Å². The number of halogens is 4. The van der Waals surface area contributed by atoms with Gasteiger partial charge in [0.25, 0.3) is 0 Å². The highest BCUT2D eigenvalue weighted by molar-refractivity contribution is 8.27. The molecule has 1 atom stereocenters. The molecular formula is C28H36F4N4O3S. The van der Waals surface area contributed by atoms with Crippen molar-refractivity contribution in [1.29, 1.82) is 0 Å². The summed E-state index contributed by atoms with van der Waals surface area (Å²) in [7, 11) is -2.38. The third kappa shape index (κ3) is 4.40. The minimum Gasteiger partial charge on any atom is -0.366 e. The fourth-order valence-corrected chi connectivity index (χ4v) is 8.62. The van der Waals surface area contributed by atoms with Crippen LogP contribution in [0.3, 0.4) is 0 Å². The van der Waals surface area contributed by atoms with Crippen molar-refractivity contribution in [1.82, 2.24) is 14.9 Å². The highest BCUT2D eigenvalue weighted by Gasteiger charge is 2.77. The molecule has 0 radical (unpaired) electrons. The third-order valence-electron chi connectivity index (χ3n) is 8.30. The first-order valence-corrected chi connectivity index (χ1v) is 14.7. The first-order valence-electron chi connectivity index (χ1n) is 13.3. The summed E-state index contributed by atoms with van der Waals surface area (Å²) in [6.07, 6.45) is -2.24. The van der Waals surface area contributed by atoms with Crippen LogP contribution in [0.4, 0.5) is 17.6 Å². The lowest BCUT2D eigenvalue weighted by Crippen LogP contribution is -2.77. The molecule has 12 heteroatoms.